The van der Waals surface area contributed by atoms with Crippen LogP contribution in [0.1, 0.15) is 0 Å². The lowest BCUT2D eigenvalue weighted by molar-refractivity contribution is -0.126. The summed E-state index contributed by atoms with van der Waals surface area (Å²) >= 11 is 3.17. The number of hydrogen-bond donors (Lipinski definition) is 1. The second kappa shape index (κ2) is 2.97. The first kappa shape index (κ1) is 8.46. The van der Waals surface area contributed by atoms with Gasteiger partial charge in [-0.05, 0) is 22.0 Å². The first-order valence-corrected chi connectivity index (χ1v) is 4.28. The summed E-state index contributed by atoms with van der Waals surface area (Å²) in [5, 5.41) is 9.84. The molecule has 1 aliphatic heterocycles. The van der Waals surface area contributed by atoms with Crippen molar-refractivity contribution in [1.29, 1.82) is 0 Å². The highest BCUT2D eigenvalue weighted by Crippen LogP contribution is 2.30. The molecule has 0 atom stereocenters. The Morgan fingerprint density at radius 2 is 2.46 bits per heavy atom. The molecule has 1 aromatic rings. The standard InChI is InChI=1S/C7H5BrN2O3/c8-4-1-5-7(9-2-4)13-3-6(11)10(5)12/h1-2,12H,3H2. The minimum absolute atomic E-state index is 0.182. The summed E-state index contributed by atoms with van der Waals surface area (Å²) in [5.74, 6) is -0.252. The number of anilines is 1. The molecular formula is C7H5BrN2O3. The maximum atomic E-state index is 11.0. The number of pyridine rings is 1. The Morgan fingerprint density at radius 3 is 3.23 bits per heavy atom. The van der Waals surface area contributed by atoms with Gasteiger partial charge in [-0.15, -0.1) is 0 Å². The van der Waals surface area contributed by atoms with Crippen molar-refractivity contribution in [2.24, 2.45) is 0 Å². The number of aromatic nitrogens is 1. The molecule has 68 valence electrons. The Hall–Kier alpha value is -1.14. The van der Waals surface area contributed by atoms with Crippen LogP contribution in [0.4, 0.5) is 5.69 Å². The molecule has 1 N–H and O–H groups in total. The van der Waals surface area contributed by atoms with Crippen LogP contribution in [0.15, 0.2) is 16.7 Å². The molecular weight excluding hydrogens is 240 g/mol. The molecule has 5 nitrogen and oxygen atoms in total. The van der Waals surface area contributed by atoms with Crippen molar-refractivity contribution >= 4 is 27.5 Å². The van der Waals surface area contributed by atoms with E-state index in [9.17, 15) is 10.0 Å². The molecule has 0 aliphatic carbocycles. The van der Waals surface area contributed by atoms with Crippen LogP contribution >= 0.6 is 15.9 Å². The van der Waals surface area contributed by atoms with E-state index in [0.29, 0.717) is 9.54 Å². The fourth-order valence-corrected chi connectivity index (χ4v) is 1.32. The van der Waals surface area contributed by atoms with Crippen LogP contribution < -0.4 is 9.80 Å². The van der Waals surface area contributed by atoms with Crippen molar-refractivity contribution in [2.75, 3.05) is 11.7 Å². The van der Waals surface area contributed by atoms with Gasteiger partial charge in [-0.25, -0.2) is 4.98 Å². The molecule has 1 aromatic heterocycles. The molecule has 1 amide bonds. The molecule has 0 bridgehead atoms. The minimum Gasteiger partial charge on any atom is -0.466 e. The minimum atomic E-state index is -0.507. The number of hydrogen-bond acceptors (Lipinski definition) is 4. The van der Waals surface area contributed by atoms with Crippen LogP contribution in [0.3, 0.4) is 0 Å². The molecule has 6 heteroatoms. The highest BCUT2D eigenvalue weighted by Gasteiger charge is 2.25. The molecule has 0 spiro atoms. The number of hydroxylamine groups is 1. The molecule has 0 saturated carbocycles. The van der Waals surface area contributed by atoms with Gasteiger partial charge in [-0.1, -0.05) is 0 Å². The van der Waals surface area contributed by atoms with Crippen molar-refractivity contribution in [3.8, 4) is 5.88 Å². The Bertz CT molecular complexity index is 369. The molecule has 0 saturated heterocycles. The summed E-state index contributed by atoms with van der Waals surface area (Å²) in [4.78, 5) is 14.9. The van der Waals surface area contributed by atoms with E-state index < -0.39 is 5.91 Å². The van der Waals surface area contributed by atoms with Gasteiger partial charge < -0.3 is 4.74 Å². The van der Waals surface area contributed by atoms with Gasteiger partial charge in [0.15, 0.2) is 6.61 Å². The van der Waals surface area contributed by atoms with Gasteiger partial charge in [-0.3, -0.25) is 10.0 Å². The van der Waals surface area contributed by atoms with E-state index >= 15 is 0 Å². The molecule has 0 unspecified atom stereocenters. The van der Waals surface area contributed by atoms with Crippen LogP contribution in [0, 0.1) is 0 Å². The van der Waals surface area contributed by atoms with E-state index in [2.05, 4.69) is 20.9 Å². The third-order valence-corrected chi connectivity index (χ3v) is 2.03. The van der Waals surface area contributed by atoms with Crippen LogP contribution in [0.25, 0.3) is 0 Å². The van der Waals surface area contributed by atoms with Crippen molar-refractivity contribution in [1.82, 2.24) is 4.98 Å². The first-order valence-electron chi connectivity index (χ1n) is 3.48. The number of amides is 1. The zero-order chi connectivity index (χ0) is 9.42. The highest BCUT2D eigenvalue weighted by atomic mass is 79.9. The molecule has 13 heavy (non-hydrogen) atoms. The van der Waals surface area contributed by atoms with Gasteiger partial charge >= 0.3 is 0 Å². The van der Waals surface area contributed by atoms with Crippen molar-refractivity contribution in [2.45, 2.75) is 0 Å². The normalized spacial score (nSPS) is 15.2. The number of carbonyl (C=O) groups is 1. The lowest BCUT2D eigenvalue weighted by Crippen LogP contribution is -2.36. The third kappa shape index (κ3) is 1.38. The molecule has 2 rings (SSSR count). The highest BCUT2D eigenvalue weighted by molar-refractivity contribution is 9.10. The summed E-state index contributed by atoms with van der Waals surface area (Å²) < 4.78 is 5.65. The van der Waals surface area contributed by atoms with E-state index in [1.165, 1.54) is 6.20 Å². The lowest BCUT2D eigenvalue weighted by atomic mass is 10.3. The Labute approximate surface area is 82.0 Å². The molecule has 0 radical (unpaired) electrons. The van der Waals surface area contributed by atoms with Crippen molar-refractivity contribution < 1.29 is 14.7 Å². The van der Waals surface area contributed by atoms with Gasteiger partial charge in [0.2, 0.25) is 5.88 Å². The van der Waals surface area contributed by atoms with E-state index in [1.54, 1.807) is 6.07 Å². The van der Waals surface area contributed by atoms with Crippen molar-refractivity contribution in [3.05, 3.63) is 16.7 Å². The topological polar surface area (TPSA) is 62.7 Å². The maximum absolute atomic E-state index is 11.0. The Balaban J connectivity index is 2.51. The second-order valence-corrected chi connectivity index (χ2v) is 3.39. The van der Waals surface area contributed by atoms with Crippen LogP contribution in [-0.4, -0.2) is 22.7 Å². The van der Waals surface area contributed by atoms with E-state index in [-0.39, 0.29) is 18.2 Å². The number of halogens is 1. The van der Waals surface area contributed by atoms with Gasteiger partial charge in [0, 0.05) is 10.7 Å². The fraction of sp³-hybridized carbons (Fsp3) is 0.143. The summed E-state index contributed by atoms with van der Waals surface area (Å²) in [5.41, 5.74) is 0.255. The number of ether oxygens (including phenoxy) is 1. The summed E-state index contributed by atoms with van der Waals surface area (Å²) in [6.07, 6.45) is 1.53. The maximum Gasteiger partial charge on any atom is 0.288 e. The second-order valence-electron chi connectivity index (χ2n) is 2.47. The molecule has 0 aromatic carbocycles. The first-order chi connectivity index (χ1) is 6.18. The Kier molecular flexibility index (Phi) is 1.93. The average Bonchev–Trinajstić information content (AvgIpc) is 2.12. The van der Waals surface area contributed by atoms with E-state index in [1.807, 2.05) is 0 Å². The van der Waals surface area contributed by atoms with E-state index in [0.717, 1.165) is 0 Å². The quantitative estimate of drug-likeness (QED) is 0.691. The number of fused-ring (bicyclic) bond motifs is 1. The number of nitrogens with zero attached hydrogens (tertiary/aromatic N) is 2. The summed E-state index contributed by atoms with van der Waals surface area (Å²) in [7, 11) is 0. The zero-order valence-corrected chi connectivity index (χ0v) is 7.98. The molecule has 2 heterocycles. The van der Waals surface area contributed by atoms with Crippen molar-refractivity contribution in [3.63, 3.8) is 0 Å². The monoisotopic (exact) mass is 244 g/mol. The smallest absolute Gasteiger partial charge is 0.288 e. The van der Waals surface area contributed by atoms with Crippen LogP contribution in [-0.2, 0) is 4.79 Å². The Morgan fingerprint density at radius 1 is 1.69 bits per heavy atom. The molecule has 0 fully saturated rings. The fourth-order valence-electron chi connectivity index (χ4n) is 1.00. The van der Waals surface area contributed by atoms with Crippen LogP contribution in [0.2, 0.25) is 0 Å². The van der Waals surface area contributed by atoms with Gasteiger partial charge in [0.1, 0.15) is 5.69 Å². The SMILES string of the molecule is O=C1COc2ncc(Br)cc2N1O. The number of rotatable bonds is 0. The predicted octanol–water partition coefficient (Wildman–Crippen LogP) is 0.959. The zero-order valence-electron chi connectivity index (χ0n) is 6.40. The summed E-state index contributed by atoms with van der Waals surface area (Å²) in [6.45, 7) is -0.182. The lowest BCUT2D eigenvalue weighted by Gasteiger charge is -2.22. The van der Waals surface area contributed by atoms with Gasteiger partial charge in [-0.2, -0.15) is 5.06 Å². The summed E-state index contributed by atoms with van der Waals surface area (Å²) in [6, 6.07) is 1.55. The average molecular weight is 245 g/mol. The largest absolute Gasteiger partial charge is 0.466 e. The number of carbonyl (C=O) groups excluding carboxylic acids is 1. The molecule has 1 aliphatic rings. The van der Waals surface area contributed by atoms with E-state index in [4.69, 9.17) is 4.74 Å². The van der Waals surface area contributed by atoms with Gasteiger partial charge in [0.25, 0.3) is 5.91 Å². The van der Waals surface area contributed by atoms with Crippen LogP contribution in [0.5, 0.6) is 5.88 Å². The predicted molar refractivity (Wildman–Crippen MR) is 46.7 cm³/mol. The van der Waals surface area contributed by atoms with Gasteiger partial charge in [0.05, 0.1) is 0 Å². The third-order valence-electron chi connectivity index (χ3n) is 1.60.